The molecular weight excluding hydrogens is 276 g/mol. The lowest BCUT2D eigenvalue weighted by atomic mass is 10.0. The zero-order chi connectivity index (χ0) is 14.1. The highest BCUT2D eigenvalue weighted by molar-refractivity contribution is 6.33. The molecule has 2 aliphatic rings. The molecule has 0 spiro atoms. The van der Waals surface area contributed by atoms with E-state index in [2.05, 4.69) is 10.2 Å². The number of fused-ring (bicyclic) bond motifs is 1. The fourth-order valence-electron chi connectivity index (χ4n) is 3.37. The third-order valence-corrected chi connectivity index (χ3v) is 4.84. The summed E-state index contributed by atoms with van der Waals surface area (Å²) >= 11 is 6.45. The maximum atomic E-state index is 6.45. The van der Waals surface area contributed by atoms with Crippen molar-refractivity contribution in [3.8, 4) is 11.5 Å². The Bertz CT molecular complexity index is 483. The number of hydrogen-bond acceptors (Lipinski definition) is 4. The van der Waals surface area contributed by atoms with Gasteiger partial charge in [0.15, 0.2) is 11.5 Å². The quantitative estimate of drug-likeness (QED) is 0.921. The maximum absolute atomic E-state index is 6.45. The van der Waals surface area contributed by atoms with Gasteiger partial charge in [0.2, 0.25) is 0 Å². The molecule has 2 aliphatic heterocycles. The number of benzene rings is 1. The number of nitrogens with zero attached hydrogens (tertiary/aromatic N) is 1. The Kier molecular flexibility index (Phi) is 4.06. The van der Waals surface area contributed by atoms with E-state index in [9.17, 15) is 0 Å². The Morgan fingerprint density at radius 1 is 1.20 bits per heavy atom. The van der Waals surface area contributed by atoms with Gasteiger partial charge >= 0.3 is 0 Å². The van der Waals surface area contributed by atoms with E-state index in [0.717, 1.165) is 50.1 Å². The molecule has 0 aliphatic carbocycles. The lowest BCUT2D eigenvalue weighted by Crippen LogP contribution is -2.25. The van der Waals surface area contributed by atoms with Crippen molar-refractivity contribution in [2.24, 2.45) is 11.8 Å². The van der Waals surface area contributed by atoms with Gasteiger partial charge in [-0.05, 0) is 36.6 Å². The van der Waals surface area contributed by atoms with Crippen LogP contribution in [0.25, 0.3) is 0 Å². The molecule has 0 saturated carbocycles. The van der Waals surface area contributed by atoms with Gasteiger partial charge in [-0.25, -0.2) is 0 Å². The first-order valence-corrected chi connectivity index (χ1v) is 7.43. The second-order valence-electron chi connectivity index (χ2n) is 5.65. The third-order valence-electron chi connectivity index (χ3n) is 4.42. The molecule has 1 aromatic rings. The van der Waals surface area contributed by atoms with Crippen LogP contribution in [0.4, 0.5) is 0 Å². The summed E-state index contributed by atoms with van der Waals surface area (Å²) in [4.78, 5) is 2.49. The number of hydrogen-bond donors (Lipinski definition) is 1. The molecule has 20 heavy (non-hydrogen) atoms. The number of ether oxygens (including phenoxy) is 2. The predicted molar refractivity (Wildman–Crippen MR) is 79.7 cm³/mol. The van der Waals surface area contributed by atoms with Gasteiger partial charge in [0.05, 0.1) is 19.2 Å². The van der Waals surface area contributed by atoms with Crippen LogP contribution in [-0.4, -0.2) is 45.3 Å². The Hall–Kier alpha value is -0.970. The maximum Gasteiger partial charge on any atom is 0.179 e. The molecular formula is C15H21ClN2O2. The topological polar surface area (TPSA) is 33.7 Å². The zero-order valence-corrected chi connectivity index (χ0v) is 12.7. The first-order chi connectivity index (χ1) is 9.72. The van der Waals surface area contributed by atoms with Gasteiger partial charge in [-0.2, -0.15) is 0 Å². The van der Waals surface area contributed by atoms with Gasteiger partial charge in [0.1, 0.15) is 0 Å². The molecule has 110 valence electrons. The number of halogens is 1. The van der Waals surface area contributed by atoms with Crippen LogP contribution in [0.2, 0.25) is 5.02 Å². The largest absolute Gasteiger partial charge is 0.493 e. The summed E-state index contributed by atoms with van der Waals surface area (Å²) in [6.45, 7) is 5.50. The van der Waals surface area contributed by atoms with E-state index < -0.39 is 0 Å². The van der Waals surface area contributed by atoms with Crippen molar-refractivity contribution in [2.45, 2.75) is 6.54 Å². The number of rotatable bonds is 4. The van der Waals surface area contributed by atoms with Gasteiger partial charge in [0, 0.05) is 19.6 Å². The summed E-state index contributed by atoms with van der Waals surface area (Å²) in [5.41, 5.74) is 1.11. The molecule has 1 N–H and O–H groups in total. The van der Waals surface area contributed by atoms with Crippen molar-refractivity contribution in [2.75, 3.05) is 40.4 Å². The van der Waals surface area contributed by atoms with E-state index in [1.165, 1.54) is 0 Å². The Labute approximate surface area is 125 Å². The lowest BCUT2D eigenvalue weighted by molar-refractivity contribution is 0.304. The van der Waals surface area contributed by atoms with E-state index >= 15 is 0 Å². The van der Waals surface area contributed by atoms with E-state index in [1.54, 1.807) is 14.2 Å². The van der Waals surface area contributed by atoms with Crippen LogP contribution in [-0.2, 0) is 6.54 Å². The average molecular weight is 297 g/mol. The third kappa shape index (κ3) is 2.48. The molecule has 2 saturated heterocycles. The number of likely N-dealkylation sites (tertiary alicyclic amines) is 1. The van der Waals surface area contributed by atoms with Crippen molar-refractivity contribution in [3.05, 3.63) is 22.7 Å². The number of nitrogens with one attached hydrogen (secondary N) is 1. The molecule has 4 nitrogen and oxygen atoms in total. The highest BCUT2D eigenvalue weighted by Crippen LogP contribution is 2.38. The smallest absolute Gasteiger partial charge is 0.179 e. The fourth-order valence-corrected chi connectivity index (χ4v) is 3.67. The summed E-state index contributed by atoms with van der Waals surface area (Å²) in [6.07, 6.45) is 0. The minimum absolute atomic E-state index is 0.632. The van der Waals surface area contributed by atoms with Gasteiger partial charge in [-0.1, -0.05) is 17.7 Å². The second kappa shape index (κ2) is 5.80. The monoisotopic (exact) mass is 296 g/mol. The first-order valence-electron chi connectivity index (χ1n) is 7.05. The Morgan fingerprint density at radius 2 is 1.90 bits per heavy atom. The Morgan fingerprint density at radius 3 is 2.50 bits per heavy atom. The Balaban J connectivity index is 1.75. The molecule has 2 heterocycles. The molecule has 1 aromatic carbocycles. The van der Waals surface area contributed by atoms with Crippen LogP contribution >= 0.6 is 11.6 Å². The average Bonchev–Trinajstić information content (AvgIpc) is 3.01. The number of methoxy groups -OCH3 is 2. The molecule has 0 aromatic heterocycles. The standard InChI is InChI=1S/C15H21ClN2O2/c1-19-13-4-3-10(14(16)15(13)20-2)7-18-8-11-5-17-6-12(11)9-18/h3-4,11-12,17H,5-9H2,1-2H3. The van der Waals surface area contributed by atoms with Crippen molar-refractivity contribution in [1.82, 2.24) is 10.2 Å². The van der Waals surface area contributed by atoms with Crippen molar-refractivity contribution in [3.63, 3.8) is 0 Å². The summed E-state index contributed by atoms with van der Waals surface area (Å²) in [5, 5.41) is 4.13. The van der Waals surface area contributed by atoms with E-state index in [-0.39, 0.29) is 0 Å². The predicted octanol–water partition coefficient (Wildman–Crippen LogP) is 2.01. The van der Waals surface area contributed by atoms with E-state index in [0.29, 0.717) is 16.5 Å². The van der Waals surface area contributed by atoms with Crippen LogP contribution in [0.1, 0.15) is 5.56 Å². The molecule has 2 atom stereocenters. The highest BCUT2D eigenvalue weighted by Gasteiger charge is 2.36. The minimum Gasteiger partial charge on any atom is -0.493 e. The lowest BCUT2D eigenvalue weighted by Gasteiger charge is -2.19. The van der Waals surface area contributed by atoms with Crippen LogP contribution in [0, 0.1) is 11.8 Å². The summed E-state index contributed by atoms with van der Waals surface area (Å²) < 4.78 is 10.6. The van der Waals surface area contributed by atoms with E-state index in [4.69, 9.17) is 21.1 Å². The van der Waals surface area contributed by atoms with Gasteiger partial charge in [0.25, 0.3) is 0 Å². The van der Waals surface area contributed by atoms with Crippen molar-refractivity contribution >= 4 is 11.6 Å². The van der Waals surface area contributed by atoms with Gasteiger partial charge in [-0.15, -0.1) is 0 Å². The highest BCUT2D eigenvalue weighted by atomic mass is 35.5. The fraction of sp³-hybridized carbons (Fsp3) is 0.600. The van der Waals surface area contributed by atoms with Crippen molar-refractivity contribution < 1.29 is 9.47 Å². The summed E-state index contributed by atoms with van der Waals surface area (Å²) in [6, 6.07) is 3.97. The van der Waals surface area contributed by atoms with Gasteiger partial charge in [-0.3, -0.25) is 4.90 Å². The molecule has 2 fully saturated rings. The normalized spacial score (nSPS) is 25.8. The summed E-state index contributed by atoms with van der Waals surface area (Å²) in [7, 11) is 3.25. The molecule has 0 radical (unpaired) electrons. The molecule has 0 amide bonds. The zero-order valence-electron chi connectivity index (χ0n) is 12.0. The van der Waals surface area contributed by atoms with E-state index in [1.807, 2.05) is 12.1 Å². The second-order valence-corrected chi connectivity index (χ2v) is 6.02. The van der Waals surface area contributed by atoms with Crippen LogP contribution < -0.4 is 14.8 Å². The minimum atomic E-state index is 0.632. The molecule has 5 heteroatoms. The SMILES string of the molecule is COc1ccc(CN2CC3CNCC3C2)c(Cl)c1OC. The van der Waals surface area contributed by atoms with Crippen molar-refractivity contribution in [1.29, 1.82) is 0 Å². The van der Waals surface area contributed by atoms with Gasteiger partial charge < -0.3 is 14.8 Å². The molecule has 2 unspecified atom stereocenters. The first kappa shape index (κ1) is 14.0. The summed E-state index contributed by atoms with van der Waals surface area (Å²) in [5.74, 6) is 2.92. The molecule has 0 bridgehead atoms. The van der Waals surface area contributed by atoms with Crippen LogP contribution in [0.5, 0.6) is 11.5 Å². The van der Waals surface area contributed by atoms with Crippen LogP contribution in [0.3, 0.4) is 0 Å². The van der Waals surface area contributed by atoms with Crippen LogP contribution in [0.15, 0.2) is 12.1 Å². The molecule has 3 rings (SSSR count).